The number of amides is 1. The van der Waals surface area contributed by atoms with Crippen molar-refractivity contribution in [2.75, 3.05) is 33.7 Å². The maximum absolute atomic E-state index is 11.3. The van der Waals surface area contributed by atoms with E-state index in [-0.39, 0.29) is 11.4 Å². The normalized spacial score (nSPS) is 19.0. The zero-order valence-electron chi connectivity index (χ0n) is 10.8. The SMILES string of the molecule is CCNC(=O)CNCC1(N(C)C)CCCC1. The van der Waals surface area contributed by atoms with E-state index in [1.54, 1.807) is 0 Å². The summed E-state index contributed by atoms with van der Waals surface area (Å²) in [6.07, 6.45) is 5.09. The zero-order valence-corrected chi connectivity index (χ0v) is 10.8. The van der Waals surface area contributed by atoms with Crippen LogP contribution in [0.4, 0.5) is 0 Å². The van der Waals surface area contributed by atoms with Crippen LogP contribution < -0.4 is 10.6 Å². The van der Waals surface area contributed by atoms with Crippen LogP contribution >= 0.6 is 0 Å². The summed E-state index contributed by atoms with van der Waals surface area (Å²) in [5, 5.41) is 6.08. The lowest BCUT2D eigenvalue weighted by Gasteiger charge is -2.36. The molecule has 94 valence electrons. The number of carbonyl (C=O) groups is 1. The molecule has 1 aliphatic rings. The van der Waals surface area contributed by atoms with Gasteiger partial charge in [-0.1, -0.05) is 12.8 Å². The molecule has 1 rings (SSSR count). The molecule has 0 bridgehead atoms. The fourth-order valence-corrected chi connectivity index (χ4v) is 2.48. The summed E-state index contributed by atoms with van der Waals surface area (Å²) in [5.41, 5.74) is 0.270. The summed E-state index contributed by atoms with van der Waals surface area (Å²) in [7, 11) is 4.28. The largest absolute Gasteiger partial charge is 0.355 e. The van der Waals surface area contributed by atoms with Gasteiger partial charge in [-0.15, -0.1) is 0 Å². The van der Waals surface area contributed by atoms with E-state index in [1.165, 1.54) is 25.7 Å². The lowest BCUT2D eigenvalue weighted by molar-refractivity contribution is -0.120. The fraction of sp³-hybridized carbons (Fsp3) is 0.917. The monoisotopic (exact) mass is 227 g/mol. The Morgan fingerprint density at radius 1 is 1.31 bits per heavy atom. The molecule has 0 spiro atoms. The number of hydrogen-bond donors (Lipinski definition) is 2. The Morgan fingerprint density at radius 2 is 1.94 bits per heavy atom. The van der Waals surface area contributed by atoms with Gasteiger partial charge in [0.1, 0.15) is 0 Å². The van der Waals surface area contributed by atoms with Crippen LogP contribution in [-0.2, 0) is 4.79 Å². The van der Waals surface area contributed by atoms with Crippen molar-refractivity contribution in [1.82, 2.24) is 15.5 Å². The molecule has 0 unspecified atom stereocenters. The van der Waals surface area contributed by atoms with Gasteiger partial charge in [-0.05, 0) is 33.9 Å². The van der Waals surface area contributed by atoms with Gasteiger partial charge in [0.25, 0.3) is 0 Å². The Morgan fingerprint density at radius 3 is 2.44 bits per heavy atom. The minimum Gasteiger partial charge on any atom is -0.355 e. The summed E-state index contributed by atoms with van der Waals surface area (Å²) in [6.45, 7) is 4.00. The van der Waals surface area contributed by atoms with Crippen molar-refractivity contribution in [3.8, 4) is 0 Å². The molecule has 0 atom stereocenters. The molecule has 4 heteroatoms. The average molecular weight is 227 g/mol. The van der Waals surface area contributed by atoms with Crippen molar-refractivity contribution in [2.24, 2.45) is 0 Å². The molecule has 0 aromatic heterocycles. The van der Waals surface area contributed by atoms with Crippen LogP contribution in [0, 0.1) is 0 Å². The van der Waals surface area contributed by atoms with Gasteiger partial charge in [0.05, 0.1) is 6.54 Å². The van der Waals surface area contributed by atoms with Gasteiger partial charge < -0.3 is 15.5 Å². The van der Waals surface area contributed by atoms with Gasteiger partial charge in [0.15, 0.2) is 0 Å². The minimum atomic E-state index is 0.0920. The van der Waals surface area contributed by atoms with Crippen LogP contribution in [0.1, 0.15) is 32.6 Å². The first-order chi connectivity index (χ1) is 7.60. The molecule has 4 nitrogen and oxygen atoms in total. The second-order valence-electron chi connectivity index (χ2n) is 4.88. The zero-order chi connectivity index (χ0) is 12.0. The van der Waals surface area contributed by atoms with Crippen molar-refractivity contribution < 1.29 is 4.79 Å². The van der Waals surface area contributed by atoms with Crippen LogP contribution in [0.15, 0.2) is 0 Å². The highest BCUT2D eigenvalue weighted by Gasteiger charge is 2.35. The molecule has 0 aliphatic heterocycles. The number of likely N-dealkylation sites (N-methyl/N-ethyl adjacent to an activating group) is 2. The van der Waals surface area contributed by atoms with Crippen molar-refractivity contribution >= 4 is 5.91 Å². The molecular formula is C12H25N3O. The van der Waals surface area contributed by atoms with Crippen LogP contribution in [0.5, 0.6) is 0 Å². The molecule has 16 heavy (non-hydrogen) atoms. The first kappa shape index (κ1) is 13.5. The van der Waals surface area contributed by atoms with E-state index in [0.717, 1.165) is 6.54 Å². The fourth-order valence-electron chi connectivity index (χ4n) is 2.48. The minimum absolute atomic E-state index is 0.0920. The molecular weight excluding hydrogens is 202 g/mol. The van der Waals surface area contributed by atoms with Gasteiger partial charge >= 0.3 is 0 Å². The van der Waals surface area contributed by atoms with Crippen LogP contribution in [0.3, 0.4) is 0 Å². The number of nitrogens with one attached hydrogen (secondary N) is 2. The second kappa shape index (κ2) is 6.21. The molecule has 1 fully saturated rings. The van der Waals surface area contributed by atoms with Gasteiger partial charge in [-0.3, -0.25) is 4.79 Å². The second-order valence-corrected chi connectivity index (χ2v) is 4.88. The van der Waals surface area contributed by atoms with E-state index in [4.69, 9.17) is 0 Å². The summed E-state index contributed by atoms with van der Waals surface area (Å²) in [5.74, 6) is 0.0920. The molecule has 1 amide bonds. The quantitative estimate of drug-likeness (QED) is 0.698. The number of nitrogens with zero attached hydrogens (tertiary/aromatic N) is 1. The Balaban J connectivity index is 2.31. The average Bonchev–Trinajstić information content (AvgIpc) is 2.68. The number of hydrogen-bond acceptors (Lipinski definition) is 3. The highest BCUT2D eigenvalue weighted by atomic mass is 16.1. The molecule has 0 aromatic rings. The molecule has 0 radical (unpaired) electrons. The first-order valence-corrected chi connectivity index (χ1v) is 6.25. The maximum Gasteiger partial charge on any atom is 0.233 e. The molecule has 0 aromatic carbocycles. The Kier molecular flexibility index (Phi) is 5.22. The first-order valence-electron chi connectivity index (χ1n) is 6.25. The Labute approximate surface area is 98.8 Å². The summed E-state index contributed by atoms with van der Waals surface area (Å²) in [4.78, 5) is 13.6. The van der Waals surface area contributed by atoms with E-state index in [1.807, 2.05) is 6.92 Å². The Bertz CT molecular complexity index is 222. The van der Waals surface area contributed by atoms with E-state index >= 15 is 0 Å². The molecule has 1 aliphatic carbocycles. The predicted octanol–water partition coefficient (Wildman–Crippen LogP) is 0.587. The van der Waals surface area contributed by atoms with Crippen molar-refractivity contribution in [1.29, 1.82) is 0 Å². The third-order valence-corrected chi connectivity index (χ3v) is 3.60. The molecule has 1 saturated carbocycles. The highest BCUT2D eigenvalue weighted by molar-refractivity contribution is 5.77. The Hall–Kier alpha value is -0.610. The molecule has 2 N–H and O–H groups in total. The highest BCUT2D eigenvalue weighted by Crippen LogP contribution is 2.32. The van der Waals surface area contributed by atoms with Crippen LogP contribution in [0.25, 0.3) is 0 Å². The summed E-state index contributed by atoms with van der Waals surface area (Å²) >= 11 is 0. The van der Waals surface area contributed by atoms with Gasteiger partial charge in [0.2, 0.25) is 5.91 Å². The third kappa shape index (κ3) is 3.46. The lowest BCUT2D eigenvalue weighted by atomic mass is 9.96. The summed E-state index contributed by atoms with van der Waals surface area (Å²) in [6, 6.07) is 0. The van der Waals surface area contributed by atoms with E-state index in [2.05, 4.69) is 29.6 Å². The van der Waals surface area contributed by atoms with Gasteiger partial charge in [-0.25, -0.2) is 0 Å². The van der Waals surface area contributed by atoms with Gasteiger partial charge in [-0.2, -0.15) is 0 Å². The van der Waals surface area contributed by atoms with Crippen LogP contribution in [-0.4, -0.2) is 50.1 Å². The van der Waals surface area contributed by atoms with E-state index in [9.17, 15) is 4.79 Å². The lowest BCUT2D eigenvalue weighted by Crippen LogP contribution is -2.51. The number of carbonyl (C=O) groups excluding carboxylic acids is 1. The molecule has 0 saturated heterocycles. The van der Waals surface area contributed by atoms with Crippen molar-refractivity contribution in [3.63, 3.8) is 0 Å². The third-order valence-electron chi connectivity index (χ3n) is 3.60. The van der Waals surface area contributed by atoms with Gasteiger partial charge in [0, 0.05) is 18.6 Å². The number of rotatable bonds is 6. The van der Waals surface area contributed by atoms with Crippen molar-refractivity contribution in [2.45, 2.75) is 38.1 Å². The standard InChI is InChI=1S/C12H25N3O/c1-4-14-11(16)9-13-10-12(15(2)3)7-5-6-8-12/h13H,4-10H2,1-3H3,(H,14,16). The summed E-state index contributed by atoms with van der Waals surface area (Å²) < 4.78 is 0. The maximum atomic E-state index is 11.3. The smallest absolute Gasteiger partial charge is 0.233 e. The van der Waals surface area contributed by atoms with Crippen molar-refractivity contribution in [3.05, 3.63) is 0 Å². The van der Waals surface area contributed by atoms with E-state index < -0.39 is 0 Å². The predicted molar refractivity (Wildman–Crippen MR) is 66.4 cm³/mol. The van der Waals surface area contributed by atoms with E-state index in [0.29, 0.717) is 13.1 Å². The molecule has 0 heterocycles. The topological polar surface area (TPSA) is 44.4 Å². The van der Waals surface area contributed by atoms with Crippen LogP contribution in [0.2, 0.25) is 0 Å².